The number of hydrogen-bond donors (Lipinski definition) is 1. The maximum absolute atomic E-state index is 9.46. The highest BCUT2D eigenvalue weighted by Crippen LogP contribution is 2.43. The topological polar surface area (TPSA) is 20.2 Å². The van der Waals surface area contributed by atoms with Gasteiger partial charge >= 0.3 is 0 Å². The summed E-state index contributed by atoms with van der Waals surface area (Å²) in [4.78, 5) is 0. The lowest BCUT2D eigenvalue weighted by Crippen LogP contribution is -2.35. The third kappa shape index (κ3) is 2.07. The van der Waals surface area contributed by atoms with Crippen molar-refractivity contribution in [1.29, 1.82) is 0 Å². The molecular weight excluding hydrogens is 184 g/mol. The summed E-state index contributed by atoms with van der Waals surface area (Å²) in [5.74, 6) is 0. The van der Waals surface area contributed by atoms with E-state index in [0.717, 1.165) is 6.42 Å². The zero-order valence-electron chi connectivity index (χ0n) is 9.71. The van der Waals surface area contributed by atoms with Gasteiger partial charge in [-0.2, -0.15) is 0 Å². The molecule has 0 aliphatic heterocycles. The molecule has 1 aromatic carbocycles. The molecule has 0 atom stereocenters. The van der Waals surface area contributed by atoms with E-state index >= 15 is 0 Å². The molecule has 15 heavy (non-hydrogen) atoms. The predicted molar refractivity (Wildman–Crippen MR) is 63.0 cm³/mol. The Labute approximate surface area is 92.1 Å². The van der Waals surface area contributed by atoms with Crippen LogP contribution >= 0.6 is 0 Å². The van der Waals surface area contributed by atoms with Gasteiger partial charge in [0.2, 0.25) is 0 Å². The molecule has 2 rings (SSSR count). The number of rotatable bonds is 3. The summed E-state index contributed by atoms with van der Waals surface area (Å²) in [6.07, 6.45) is 4.72. The Kier molecular flexibility index (Phi) is 2.83. The van der Waals surface area contributed by atoms with Gasteiger partial charge in [0.15, 0.2) is 0 Å². The second kappa shape index (κ2) is 3.97. The Bertz CT molecular complexity index is 345. The Morgan fingerprint density at radius 1 is 1.27 bits per heavy atom. The minimum absolute atomic E-state index is 0.207. The molecule has 1 fully saturated rings. The van der Waals surface area contributed by atoms with Crippen LogP contribution in [0, 0.1) is 19.3 Å². The SMILES string of the molecule is Cc1ccc(C)c(CC2(CO)CCC2)c1. The van der Waals surface area contributed by atoms with E-state index in [4.69, 9.17) is 0 Å². The third-order valence-electron chi connectivity index (χ3n) is 3.82. The number of benzene rings is 1. The lowest BCUT2D eigenvalue weighted by molar-refractivity contribution is 0.0449. The molecule has 0 saturated heterocycles. The van der Waals surface area contributed by atoms with E-state index in [0.29, 0.717) is 6.61 Å². The Balaban J connectivity index is 2.19. The minimum atomic E-state index is 0.207. The molecule has 0 bridgehead atoms. The van der Waals surface area contributed by atoms with Gasteiger partial charge < -0.3 is 5.11 Å². The van der Waals surface area contributed by atoms with E-state index < -0.39 is 0 Å². The molecule has 1 N–H and O–H groups in total. The Hall–Kier alpha value is -0.820. The van der Waals surface area contributed by atoms with Gasteiger partial charge in [-0.3, -0.25) is 0 Å². The monoisotopic (exact) mass is 204 g/mol. The van der Waals surface area contributed by atoms with Crippen LogP contribution in [0.3, 0.4) is 0 Å². The highest BCUT2D eigenvalue weighted by Gasteiger charge is 2.36. The Morgan fingerprint density at radius 3 is 2.53 bits per heavy atom. The summed E-state index contributed by atoms with van der Waals surface area (Å²) in [5, 5.41) is 9.46. The smallest absolute Gasteiger partial charge is 0.0490 e. The van der Waals surface area contributed by atoms with E-state index in [1.807, 2.05) is 0 Å². The predicted octanol–water partition coefficient (Wildman–Crippen LogP) is 3.01. The zero-order valence-corrected chi connectivity index (χ0v) is 9.71. The molecule has 0 aromatic heterocycles. The molecule has 1 nitrogen and oxygen atoms in total. The van der Waals surface area contributed by atoms with Crippen molar-refractivity contribution in [3.8, 4) is 0 Å². The van der Waals surface area contributed by atoms with Crippen LogP contribution in [0.15, 0.2) is 18.2 Å². The molecule has 1 aliphatic rings. The third-order valence-corrected chi connectivity index (χ3v) is 3.82. The van der Waals surface area contributed by atoms with Crippen LogP contribution in [0.1, 0.15) is 36.0 Å². The van der Waals surface area contributed by atoms with Crippen molar-refractivity contribution in [1.82, 2.24) is 0 Å². The molecule has 1 heteroatoms. The summed E-state index contributed by atoms with van der Waals surface area (Å²) < 4.78 is 0. The van der Waals surface area contributed by atoms with Crippen molar-refractivity contribution in [2.24, 2.45) is 5.41 Å². The average Bonchev–Trinajstić information content (AvgIpc) is 2.17. The van der Waals surface area contributed by atoms with Gasteiger partial charge in [-0.1, -0.05) is 30.2 Å². The van der Waals surface area contributed by atoms with Gasteiger partial charge in [0.1, 0.15) is 0 Å². The molecule has 1 saturated carbocycles. The highest BCUT2D eigenvalue weighted by atomic mass is 16.3. The molecule has 82 valence electrons. The first-order valence-corrected chi connectivity index (χ1v) is 5.82. The van der Waals surface area contributed by atoms with Crippen molar-refractivity contribution in [3.05, 3.63) is 34.9 Å². The normalized spacial score (nSPS) is 18.6. The second-order valence-electron chi connectivity index (χ2n) is 5.12. The van der Waals surface area contributed by atoms with Gasteiger partial charge in [-0.15, -0.1) is 0 Å². The van der Waals surface area contributed by atoms with Gasteiger partial charge in [0, 0.05) is 6.61 Å². The van der Waals surface area contributed by atoms with Gasteiger partial charge in [0.05, 0.1) is 0 Å². The van der Waals surface area contributed by atoms with Crippen LogP contribution in [0.5, 0.6) is 0 Å². The van der Waals surface area contributed by atoms with Gasteiger partial charge in [0.25, 0.3) is 0 Å². The molecule has 1 aliphatic carbocycles. The number of aryl methyl sites for hydroxylation is 2. The van der Waals surface area contributed by atoms with Crippen LogP contribution in [-0.4, -0.2) is 11.7 Å². The molecule has 0 radical (unpaired) electrons. The van der Waals surface area contributed by atoms with E-state index in [9.17, 15) is 5.11 Å². The fourth-order valence-electron chi connectivity index (χ4n) is 2.46. The van der Waals surface area contributed by atoms with Crippen LogP contribution < -0.4 is 0 Å². The minimum Gasteiger partial charge on any atom is -0.396 e. The van der Waals surface area contributed by atoms with Gasteiger partial charge in [-0.25, -0.2) is 0 Å². The summed E-state index contributed by atoms with van der Waals surface area (Å²) in [6.45, 7) is 4.65. The summed E-state index contributed by atoms with van der Waals surface area (Å²) in [6, 6.07) is 6.62. The van der Waals surface area contributed by atoms with E-state index in [-0.39, 0.29) is 5.41 Å². The zero-order chi connectivity index (χ0) is 10.9. The average molecular weight is 204 g/mol. The maximum atomic E-state index is 9.46. The van der Waals surface area contributed by atoms with Crippen LogP contribution in [0.25, 0.3) is 0 Å². The molecule has 0 spiro atoms. The van der Waals surface area contributed by atoms with E-state index in [2.05, 4.69) is 32.0 Å². The Morgan fingerprint density at radius 2 is 2.00 bits per heavy atom. The van der Waals surface area contributed by atoms with Crippen LogP contribution in [-0.2, 0) is 6.42 Å². The van der Waals surface area contributed by atoms with Crippen LogP contribution in [0.2, 0.25) is 0 Å². The largest absolute Gasteiger partial charge is 0.396 e. The van der Waals surface area contributed by atoms with Crippen molar-refractivity contribution in [2.45, 2.75) is 39.5 Å². The van der Waals surface area contributed by atoms with Crippen LogP contribution in [0.4, 0.5) is 0 Å². The molecular formula is C14H20O. The molecule has 0 unspecified atom stereocenters. The molecule has 0 amide bonds. The molecule has 1 aromatic rings. The lowest BCUT2D eigenvalue weighted by Gasteiger charge is -2.41. The summed E-state index contributed by atoms with van der Waals surface area (Å²) in [5.41, 5.74) is 4.31. The lowest BCUT2D eigenvalue weighted by atomic mass is 9.65. The standard InChI is InChI=1S/C14H20O/c1-11-4-5-12(2)13(8-11)9-14(10-15)6-3-7-14/h4-5,8,15H,3,6-7,9-10H2,1-2H3. The van der Waals surface area contributed by atoms with E-state index in [1.54, 1.807) is 0 Å². The van der Waals surface area contributed by atoms with Gasteiger partial charge in [-0.05, 0) is 49.7 Å². The highest BCUT2D eigenvalue weighted by molar-refractivity contribution is 5.31. The van der Waals surface area contributed by atoms with Crippen molar-refractivity contribution >= 4 is 0 Å². The fraction of sp³-hybridized carbons (Fsp3) is 0.571. The van der Waals surface area contributed by atoms with Crippen molar-refractivity contribution in [2.75, 3.05) is 6.61 Å². The summed E-state index contributed by atoms with van der Waals surface area (Å²) >= 11 is 0. The second-order valence-corrected chi connectivity index (χ2v) is 5.12. The number of aliphatic hydroxyl groups excluding tert-OH is 1. The van der Waals surface area contributed by atoms with Crippen molar-refractivity contribution < 1.29 is 5.11 Å². The van der Waals surface area contributed by atoms with E-state index in [1.165, 1.54) is 36.0 Å². The first-order valence-electron chi connectivity index (χ1n) is 5.82. The first-order chi connectivity index (χ1) is 7.15. The quantitative estimate of drug-likeness (QED) is 0.802. The summed E-state index contributed by atoms with van der Waals surface area (Å²) in [7, 11) is 0. The number of hydrogen-bond acceptors (Lipinski definition) is 1. The molecule has 0 heterocycles. The first kappa shape index (κ1) is 10.7. The maximum Gasteiger partial charge on any atom is 0.0490 e. The fourth-order valence-corrected chi connectivity index (χ4v) is 2.46. The van der Waals surface area contributed by atoms with Crippen molar-refractivity contribution in [3.63, 3.8) is 0 Å². The number of aliphatic hydroxyl groups is 1.